The average Bonchev–Trinajstić information content (AvgIpc) is 1.61. The Kier molecular flexibility index (Phi) is 20.5. The molecule has 486 valence electrons. The predicted octanol–water partition coefficient (Wildman–Crippen LogP) is 5.91. The highest BCUT2D eigenvalue weighted by Crippen LogP contribution is 2.37. The number of amides is 9. The van der Waals surface area contributed by atoms with E-state index in [2.05, 4.69) is 31.5 Å². The Labute approximate surface area is 534 Å². The van der Waals surface area contributed by atoms with Crippen molar-refractivity contribution in [2.75, 3.05) is 44.5 Å². The standard InChI is InChI=1S/C65H74N16O12/c1-10-80-48(29-37(5)74-80)46-20-19-44-45-31-41(58(66)85)33-50(91-9)56(45)78(60(44)70-46)25-12-13-26-79-57-47(71-64(79)73-62(88)49-30-38(6)75-81(49)11-2)32-42(59(67)86)34-51(57)92-28-14-24-76(8)65(90)93-35-40-15-17-43(18-16-40)69-61(87)39(7)68-63(89)55(36(3)4)72-52(82)23-27-77-53(83)21-22-54(77)84/h12-13,15-22,29-34,36,39,55H,10-11,14,23-28,35H2,1-9H3,(H2,66,85)(H2,67,86)(H,68,89)(H,69,87)(H,72,82)(H,71,73,88)/b13-12+/t39-,55-/m0/s1. The molecule has 2 atom stereocenters. The first kappa shape index (κ1) is 66.2. The van der Waals surface area contributed by atoms with Gasteiger partial charge in [-0.1, -0.05) is 38.1 Å². The van der Waals surface area contributed by atoms with E-state index in [-0.39, 0.29) is 74.6 Å². The van der Waals surface area contributed by atoms with E-state index < -0.39 is 65.4 Å². The zero-order valence-electron chi connectivity index (χ0n) is 53.1. The number of nitrogens with one attached hydrogen (secondary N) is 4. The maximum atomic E-state index is 14.1. The number of primary amides is 2. The van der Waals surface area contributed by atoms with E-state index in [1.54, 1.807) is 79.5 Å². The van der Waals surface area contributed by atoms with Crippen LogP contribution in [0.3, 0.4) is 0 Å². The molecule has 0 spiro atoms. The van der Waals surface area contributed by atoms with Crippen molar-refractivity contribution in [2.24, 2.45) is 17.4 Å². The molecule has 28 nitrogen and oxygen atoms in total. The van der Waals surface area contributed by atoms with Crippen molar-refractivity contribution >= 4 is 98.0 Å². The van der Waals surface area contributed by atoms with Gasteiger partial charge < -0.3 is 55.7 Å². The van der Waals surface area contributed by atoms with Gasteiger partial charge in [0.25, 0.3) is 17.7 Å². The highest BCUT2D eigenvalue weighted by Gasteiger charge is 2.30. The van der Waals surface area contributed by atoms with Gasteiger partial charge in [-0.25, -0.2) is 14.8 Å². The number of allylic oxidation sites excluding steroid dienone is 2. The van der Waals surface area contributed by atoms with Gasteiger partial charge in [-0.3, -0.25) is 57.9 Å². The summed E-state index contributed by atoms with van der Waals surface area (Å²) in [5.41, 5.74) is 18.3. The third kappa shape index (κ3) is 15.0. The number of ether oxygens (including phenoxy) is 3. The second-order valence-electron chi connectivity index (χ2n) is 22.6. The number of benzene rings is 3. The molecule has 8 N–H and O–H groups in total. The van der Waals surface area contributed by atoms with Crippen LogP contribution in [0.25, 0.3) is 44.4 Å². The van der Waals surface area contributed by atoms with Crippen molar-refractivity contribution in [2.45, 2.75) is 106 Å². The van der Waals surface area contributed by atoms with Crippen molar-refractivity contribution in [3.63, 3.8) is 0 Å². The van der Waals surface area contributed by atoms with Crippen LogP contribution in [0, 0.1) is 19.8 Å². The van der Waals surface area contributed by atoms with Gasteiger partial charge in [0.05, 0.1) is 47.5 Å². The van der Waals surface area contributed by atoms with Crippen molar-refractivity contribution in [3.05, 3.63) is 131 Å². The van der Waals surface area contributed by atoms with E-state index in [4.69, 9.17) is 35.6 Å². The maximum absolute atomic E-state index is 14.1. The van der Waals surface area contributed by atoms with Gasteiger partial charge in [-0.15, -0.1) is 0 Å². The lowest BCUT2D eigenvalue weighted by Crippen LogP contribution is -2.54. The van der Waals surface area contributed by atoms with Crippen LogP contribution in [0.15, 0.2) is 97.1 Å². The Balaban J connectivity index is 0.865. The SMILES string of the molecule is CCn1nc(C)cc1C(=O)Nc1nc2cc(C(N)=O)cc(OCCCN(C)C(=O)OCc3ccc(NC(=O)[C@H](C)NC(=O)[C@@H](NC(=O)CCN4C(=O)C=CC4=O)C(C)C)cc3)c2n1C/C=C/Cn1c2nc(-c3cc(C)nn3CC)ccc2c2cc(C(N)=O)cc(OC)c21. The van der Waals surface area contributed by atoms with E-state index in [1.165, 1.54) is 31.1 Å². The second-order valence-corrected chi connectivity index (χ2v) is 22.6. The van der Waals surface area contributed by atoms with E-state index in [0.29, 0.717) is 81.2 Å². The summed E-state index contributed by atoms with van der Waals surface area (Å²) in [4.78, 5) is 128. The molecule has 0 radical (unpaired) electrons. The topological polar surface area (TPSA) is 359 Å². The Morgan fingerprint density at radius 3 is 2.04 bits per heavy atom. The molecule has 0 aliphatic carbocycles. The molecule has 0 saturated heterocycles. The van der Waals surface area contributed by atoms with Gasteiger partial charge in [-0.05, 0) is 113 Å². The lowest BCUT2D eigenvalue weighted by molar-refractivity contribution is -0.137. The fourth-order valence-electron chi connectivity index (χ4n) is 10.7. The molecule has 1 aliphatic heterocycles. The summed E-state index contributed by atoms with van der Waals surface area (Å²) >= 11 is 0. The fourth-order valence-corrected chi connectivity index (χ4v) is 10.7. The van der Waals surface area contributed by atoms with Gasteiger partial charge in [0.15, 0.2) is 0 Å². The first-order valence-corrected chi connectivity index (χ1v) is 30.2. The van der Waals surface area contributed by atoms with Crippen molar-refractivity contribution in [1.29, 1.82) is 0 Å². The summed E-state index contributed by atoms with van der Waals surface area (Å²) < 4.78 is 25.1. The van der Waals surface area contributed by atoms with Crippen LogP contribution in [0.2, 0.25) is 0 Å². The molecule has 3 aromatic carbocycles. The number of rotatable bonds is 28. The molecule has 9 rings (SSSR count). The maximum Gasteiger partial charge on any atom is 0.409 e. The molecule has 8 aromatic rings. The number of nitrogens with two attached hydrogens (primary N) is 2. The van der Waals surface area contributed by atoms with Crippen molar-refractivity contribution in [1.82, 2.24) is 59.1 Å². The van der Waals surface area contributed by atoms with Crippen LogP contribution in [-0.2, 0) is 61.5 Å². The van der Waals surface area contributed by atoms with Crippen LogP contribution in [0.5, 0.6) is 11.5 Å². The van der Waals surface area contributed by atoms with Gasteiger partial charge in [-0.2, -0.15) is 10.2 Å². The molecule has 6 heterocycles. The van der Waals surface area contributed by atoms with Crippen LogP contribution in [0.4, 0.5) is 16.4 Å². The summed E-state index contributed by atoms with van der Waals surface area (Å²) in [6.07, 6.45) is 5.50. The fraction of sp³-hybridized carbons (Fsp3) is 0.338. The number of methoxy groups -OCH3 is 1. The molecular weight excluding hydrogens is 1200 g/mol. The number of imide groups is 1. The van der Waals surface area contributed by atoms with Gasteiger partial charge in [0.2, 0.25) is 35.5 Å². The van der Waals surface area contributed by atoms with E-state index in [9.17, 15) is 43.2 Å². The third-order valence-electron chi connectivity index (χ3n) is 15.5. The van der Waals surface area contributed by atoms with Gasteiger partial charge >= 0.3 is 6.09 Å². The Morgan fingerprint density at radius 2 is 1.38 bits per heavy atom. The molecule has 1 aliphatic rings. The van der Waals surface area contributed by atoms with Crippen molar-refractivity contribution in [3.8, 4) is 22.9 Å². The Hall–Kier alpha value is -11.2. The number of aryl methyl sites for hydroxylation is 4. The van der Waals surface area contributed by atoms with Crippen LogP contribution in [-0.4, -0.2) is 148 Å². The number of fused-ring (bicyclic) bond motifs is 4. The number of carbonyl (C=O) groups is 9. The predicted molar refractivity (Wildman–Crippen MR) is 345 cm³/mol. The molecule has 5 aromatic heterocycles. The third-order valence-corrected chi connectivity index (χ3v) is 15.5. The average molecular weight is 1270 g/mol. The largest absolute Gasteiger partial charge is 0.495 e. The molecule has 0 fully saturated rings. The first-order chi connectivity index (χ1) is 44.5. The molecule has 28 heteroatoms. The normalized spacial score (nSPS) is 12.9. The quantitative estimate of drug-likeness (QED) is 0.0189. The molecule has 9 amide bonds. The van der Waals surface area contributed by atoms with Crippen LogP contribution >= 0.6 is 0 Å². The Morgan fingerprint density at radius 1 is 0.720 bits per heavy atom. The summed E-state index contributed by atoms with van der Waals surface area (Å²) in [6.45, 7) is 13.9. The summed E-state index contributed by atoms with van der Waals surface area (Å²) in [6, 6.07) is 18.4. The minimum atomic E-state index is -1.01. The molecule has 0 bridgehead atoms. The van der Waals surface area contributed by atoms with Crippen LogP contribution in [0.1, 0.15) is 95.6 Å². The number of hydrogen-bond acceptors (Lipinski definition) is 16. The zero-order valence-corrected chi connectivity index (χ0v) is 53.1. The zero-order chi connectivity index (χ0) is 66.9. The lowest BCUT2D eigenvalue weighted by Gasteiger charge is -2.24. The smallest absolute Gasteiger partial charge is 0.409 e. The molecule has 0 unspecified atom stereocenters. The number of aromatic nitrogens is 8. The molecular formula is C65H74N16O12. The number of imidazole rings is 1. The van der Waals surface area contributed by atoms with Crippen LogP contribution < -0.4 is 42.2 Å². The highest BCUT2D eigenvalue weighted by molar-refractivity contribution is 6.14. The number of nitrogens with zero attached hydrogens (tertiary/aromatic N) is 10. The lowest BCUT2D eigenvalue weighted by atomic mass is 10.0. The first-order valence-electron chi connectivity index (χ1n) is 30.2. The van der Waals surface area contributed by atoms with Gasteiger partial charge in [0.1, 0.15) is 47.0 Å². The summed E-state index contributed by atoms with van der Waals surface area (Å²) in [5, 5.41) is 21.5. The minimum Gasteiger partial charge on any atom is -0.495 e. The van der Waals surface area contributed by atoms with E-state index in [0.717, 1.165) is 33.8 Å². The Bertz CT molecular complexity index is 4290. The van der Waals surface area contributed by atoms with E-state index >= 15 is 0 Å². The monoisotopic (exact) mass is 1270 g/mol. The second kappa shape index (κ2) is 28.7. The summed E-state index contributed by atoms with van der Waals surface area (Å²) in [5.74, 6) is -4.18. The minimum absolute atomic E-state index is 0.0446. The number of hydrogen-bond donors (Lipinski definition) is 6. The highest BCUT2D eigenvalue weighted by atomic mass is 16.6. The number of anilines is 2. The van der Waals surface area contributed by atoms with E-state index in [1.807, 2.05) is 60.4 Å². The summed E-state index contributed by atoms with van der Waals surface area (Å²) in [7, 11) is 3.08. The molecule has 93 heavy (non-hydrogen) atoms. The van der Waals surface area contributed by atoms with Gasteiger partial charge in [0, 0.05) is 92.5 Å². The number of carbonyl (C=O) groups excluding carboxylic acids is 9. The van der Waals surface area contributed by atoms with Crippen molar-refractivity contribution < 1.29 is 57.4 Å². The number of pyridine rings is 1. The molecule has 0 saturated carbocycles.